The number of nitrogens with one attached hydrogen (secondary N) is 1. The van der Waals surface area contributed by atoms with Crippen LogP contribution in [0.25, 0.3) is 0 Å². The highest BCUT2D eigenvalue weighted by Crippen LogP contribution is 2.42. The Balaban J connectivity index is 1.47. The zero-order valence-corrected chi connectivity index (χ0v) is 18.9. The predicted molar refractivity (Wildman–Crippen MR) is 124 cm³/mol. The van der Waals surface area contributed by atoms with Crippen molar-refractivity contribution in [3.8, 4) is 11.8 Å². The van der Waals surface area contributed by atoms with Gasteiger partial charge in [-0.05, 0) is 56.3 Å². The summed E-state index contributed by atoms with van der Waals surface area (Å²) in [7, 11) is 0. The highest BCUT2D eigenvalue weighted by Gasteiger charge is 2.49. The largest absolute Gasteiger partial charge is 0.395 e. The Morgan fingerprint density at radius 3 is 2.58 bits per heavy atom. The molecule has 2 heterocycles. The van der Waals surface area contributed by atoms with E-state index in [1.807, 2.05) is 4.90 Å². The molecule has 2 saturated heterocycles. The topological polar surface area (TPSA) is 55.8 Å². The fraction of sp³-hybridized carbons (Fsp3) is 0.654. The molecule has 4 rings (SSSR count). The quantitative estimate of drug-likeness (QED) is 0.726. The number of hydrogen-bond acceptors (Lipinski definition) is 3. The first kappa shape index (κ1) is 22.2. The molecule has 3 aliphatic rings. The molecule has 1 aromatic carbocycles. The molecule has 2 amide bonds. The van der Waals surface area contributed by atoms with Gasteiger partial charge in [-0.2, -0.15) is 0 Å². The third kappa shape index (κ3) is 5.07. The monoisotopic (exact) mass is 423 g/mol. The minimum absolute atomic E-state index is 0.0986. The van der Waals surface area contributed by atoms with E-state index in [4.69, 9.17) is 0 Å². The molecule has 2 aliphatic heterocycles. The zero-order chi connectivity index (χ0) is 21.6. The molecule has 1 aromatic rings. The lowest BCUT2D eigenvalue weighted by Gasteiger charge is -2.57. The van der Waals surface area contributed by atoms with E-state index in [9.17, 15) is 9.90 Å². The molecule has 31 heavy (non-hydrogen) atoms. The molecule has 2 N–H and O–H groups in total. The van der Waals surface area contributed by atoms with Gasteiger partial charge in [-0.1, -0.05) is 43.7 Å². The highest BCUT2D eigenvalue weighted by molar-refractivity contribution is 5.74. The molecule has 1 aliphatic carbocycles. The van der Waals surface area contributed by atoms with Crippen molar-refractivity contribution in [2.45, 2.75) is 82.3 Å². The van der Waals surface area contributed by atoms with E-state index in [1.54, 1.807) is 0 Å². The number of benzene rings is 1. The summed E-state index contributed by atoms with van der Waals surface area (Å²) >= 11 is 0. The summed E-state index contributed by atoms with van der Waals surface area (Å²) in [5.74, 6) is 6.69. The van der Waals surface area contributed by atoms with Crippen molar-refractivity contribution >= 4 is 6.03 Å². The minimum Gasteiger partial charge on any atom is -0.395 e. The predicted octanol–water partition coefficient (Wildman–Crippen LogP) is 3.71. The summed E-state index contributed by atoms with van der Waals surface area (Å²) in [6.45, 7) is 4.86. The number of rotatable bonds is 4. The number of aliphatic hydroxyl groups is 1. The number of amides is 2. The molecule has 5 nitrogen and oxygen atoms in total. The van der Waals surface area contributed by atoms with E-state index in [0.717, 1.165) is 63.7 Å². The molecule has 5 heteroatoms. The van der Waals surface area contributed by atoms with Crippen LogP contribution in [0.4, 0.5) is 4.79 Å². The fourth-order valence-electron chi connectivity index (χ4n) is 5.54. The lowest BCUT2D eigenvalue weighted by molar-refractivity contribution is -0.0591. The third-order valence-electron chi connectivity index (χ3n) is 7.24. The van der Waals surface area contributed by atoms with Crippen molar-refractivity contribution in [3.63, 3.8) is 0 Å². The van der Waals surface area contributed by atoms with E-state index in [1.165, 1.54) is 18.4 Å². The first-order chi connectivity index (χ1) is 15.2. The van der Waals surface area contributed by atoms with Gasteiger partial charge in [0, 0.05) is 49.1 Å². The average Bonchev–Trinajstić information content (AvgIpc) is 3.27. The smallest absolute Gasteiger partial charge is 0.317 e. The molecular weight excluding hydrogens is 386 g/mol. The van der Waals surface area contributed by atoms with E-state index in [2.05, 4.69) is 53.2 Å². The number of fused-ring (bicyclic) bond motifs is 1. The number of urea groups is 1. The maximum Gasteiger partial charge on any atom is 0.317 e. The lowest BCUT2D eigenvalue weighted by atomic mass is 9.74. The summed E-state index contributed by atoms with van der Waals surface area (Å²) < 4.78 is 0. The maximum absolute atomic E-state index is 13.0. The number of unbranched alkanes of at least 4 members (excludes halogenated alkanes) is 1. The fourth-order valence-corrected chi connectivity index (χ4v) is 5.54. The molecule has 1 saturated carbocycles. The second-order valence-electron chi connectivity index (χ2n) is 9.34. The van der Waals surface area contributed by atoms with E-state index in [0.29, 0.717) is 6.04 Å². The van der Waals surface area contributed by atoms with Crippen molar-refractivity contribution in [2.24, 2.45) is 0 Å². The van der Waals surface area contributed by atoms with Gasteiger partial charge in [-0.3, -0.25) is 4.90 Å². The summed E-state index contributed by atoms with van der Waals surface area (Å²) in [4.78, 5) is 17.4. The van der Waals surface area contributed by atoms with E-state index >= 15 is 0 Å². The average molecular weight is 424 g/mol. The van der Waals surface area contributed by atoms with Crippen LogP contribution in [-0.4, -0.2) is 65.3 Å². The Morgan fingerprint density at radius 2 is 1.87 bits per heavy atom. The molecular formula is C26H37N3O2. The van der Waals surface area contributed by atoms with Gasteiger partial charge in [-0.25, -0.2) is 4.79 Å². The first-order valence-electron chi connectivity index (χ1n) is 12.2. The van der Waals surface area contributed by atoms with Gasteiger partial charge in [0.15, 0.2) is 0 Å². The van der Waals surface area contributed by atoms with Crippen molar-refractivity contribution < 1.29 is 9.90 Å². The highest BCUT2D eigenvalue weighted by atomic mass is 16.3. The third-order valence-corrected chi connectivity index (χ3v) is 7.24. The molecule has 0 aromatic heterocycles. The van der Waals surface area contributed by atoms with Crippen molar-refractivity contribution in [3.05, 3.63) is 35.4 Å². The van der Waals surface area contributed by atoms with Crippen molar-refractivity contribution in [2.75, 3.05) is 26.2 Å². The van der Waals surface area contributed by atoms with Gasteiger partial charge < -0.3 is 15.3 Å². The number of carbonyl (C=O) groups excluding carboxylic acids is 1. The second kappa shape index (κ2) is 10.5. The van der Waals surface area contributed by atoms with Crippen LogP contribution in [-0.2, 0) is 0 Å². The minimum atomic E-state index is 0.0986. The Bertz CT molecular complexity index is 791. The number of hydrogen-bond donors (Lipinski definition) is 2. The summed E-state index contributed by atoms with van der Waals surface area (Å²) in [5.41, 5.74) is 2.29. The summed E-state index contributed by atoms with van der Waals surface area (Å²) in [6, 6.07) is 9.39. The van der Waals surface area contributed by atoms with Gasteiger partial charge in [0.25, 0.3) is 0 Å². The van der Waals surface area contributed by atoms with Crippen LogP contribution in [0.1, 0.15) is 75.3 Å². The van der Waals surface area contributed by atoms with Crippen molar-refractivity contribution in [1.82, 2.24) is 15.1 Å². The molecule has 0 spiro atoms. The van der Waals surface area contributed by atoms with Gasteiger partial charge in [0.1, 0.15) is 0 Å². The molecule has 0 unspecified atom stereocenters. The van der Waals surface area contributed by atoms with Crippen LogP contribution >= 0.6 is 0 Å². The Hall–Kier alpha value is -2.03. The molecule has 0 radical (unpaired) electrons. The summed E-state index contributed by atoms with van der Waals surface area (Å²) in [5, 5.41) is 13.4. The number of carbonyl (C=O) groups is 1. The zero-order valence-electron chi connectivity index (χ0n) is 18.9. The Kier molecular flexibility index (Phi) is 7.53. The molecule has 3 fully saturated rings. The Morgan fingerprint density at radius 1 is 1.13 bits per heavy atom. The van der Waals surface area contributed by atoms with Gasteiger partial charge in [0.2, 0.25) is 0 Å². The van der Waals surface area contributed by atoms with Gasteiger partial charge >= 0.3 is 6.03 Å². The molecule has 168 valence electrons. The Labute approximate surface area is 187 Å². The molecule has 0 bridgehead atoms. The first-order valence-corrected chi connectivity index (χ1v) is 12.2. The van der Waals surface area contributed by atoms with Crippen LogP contribution in [0.5, 0.6) is 0 Å². The van der Waals surface area contributed by atoms with Gasteiger partial charge in [0.05, 0.1) is 6.61 Å². The number of aliphatic hydroxyl groups excluding tert-OH is 1. The summed E-state index contributed by atoms with van der Waals surface area (Å²) in [6.07, 6.45) is 8.76. The van der Waals surface area contributed by atoms with Gasteiger partial charge in [-0.15, -0.1) is 0 Å². The lowest BCUT2D eigenvalue weighted by Crippen LogP contribution is -2.68. The van der Waals surface area contributed by atoms with Crippen LogP contribution in [0.2, 0.25) is 0 Å². The van der Waals surface area contributed by atoms with Crippen LogP contribution in [0, 0.1) is 11.8 Å². The second-order valence-corrected chi connectivity index (χ2v) is 9.34. The number of nitrogens with zero attached hydrogens (tertiary/aromatic N) is 2. The standard InChI is InChI=1S/C26H37N3O2/c1-2-3-4-9-20-12-14-21(15-13-20)25-23-18-28(26(31)27-22-10-5-6-11-22)16-7-8-17-29(23)24(25)19-30/h12-15,22-25,30H,2-3,5-8,10-11,16-19H2,1H3,(H,27,31)/t23-,24-,25-/m1/s1. The van der Waals surface area contributed by atoms with Crippen LogP contribution in [0.3, 0.4) is 0 Å². The van der Waals surface area contributed by atoms with Crippen molar-refractivity contribution in [1.29, 1.82) is 0 Å². The van der Waals surface area contributed by atoms with Crippen LogP contribution < -0.4 is 5.32 Å². The molecule has 3 atom stereocenters. The van der Waals surface area contributed by atoms with E-state index in [-0.39, 0.29) is 30.6 Å². The SMILES string of the molecule is CCCC#Cc1ccc([C@H]2[C@@H](CO)N3CCCCN(C(=O)NC4CCCC4)C[C@H]23)cc1. The van der Waals surface area contributed by atoms with E-state index < -0.39 is 0 Å². The normalized spacial score (nSPS) is 26.8. The maximum atomic E-state index is 13.0. The van der Waals surface area contributed by atoms with Crippen LogP contribution in [0.15, 0.2) is 24.3 Å².